The van der Waals surface area contributed by atoms with E-state index in [-0.39, 0.29) is 5.56 Å². The van der Waals surface area contributed by atoms with Gasteiger partial charge in [-0.25, -0.2) is 4.98 Å². The molecule has 1 aromatic rings. The molecule has 0 saturated carbocycles. The van der Waals surface area contributed by atoms with Gasteiger partial charge in [0.25, 0.3) is 5.91 Å². The molecule has 7 heteroatoms. The van der Waals surface area contributed by atoms with E-state index in [9.17, 15) is 18.0 Å². The molecule has 0 fully saturated rings. The highest BCUT2D eigenvalue weighted by molar-refractivity contribution is 5.95. The smallest absolute Gasteiger partial charge is 0.370 e. The van der Waals surface area contributed by atoms with Crippen molar-refractivity contribution in [2.45, 2.75) is 39.9 Å². The molecular formula is C14H20F3N3O. The number of aryl methyl sites for hydroxylation is 1. The van der Waals surface area contributed by atoms with E-state index in [0.29, 0.717) is 18.1 Å². The maximum atomic E-state index is 12.6. The van der Waals surface area contributed by atoms with Crippen LogP contribution in [0.4, 0.5) is 19.0 Å². The molecule has 0 spiro atoms. The third-order valence-electron chi connectivity index (χ3n) is 2.79. The molecule has 0 aliphatic rings. The first-order valence-corrected chi connectivity index (χ1v) is 6.74. The molecule has 0 unspecified atom stereocenters. The van der Waals surface area contributed by atoms with E-state index in [1.165, 1.54) is 12.1 Å². The average molecular weight is 303 g/mol. The quantitative estimate of drug-likeness (QED) is 0.908. The summed E-state index contributed by atoms with van der Waals surface area (Å²) >= 11 is 0. The van der Waals surface area contributed by atoms with Crippen LogP contribution in [0, 0.1) is 6.92 Å². The SMILES string of the molecule is CCNc1cc(C(=O)N(CC(F)(F)F)C(C)C)cc(C)n1. The van der Waals surface area contributed by atoms with Gasteiger partial charge in [0, 0.05) is 23.8 Å². The molecule has 1 amide bonds. The number of anilines is 1. The molecule has 1 rings (SSSR count). The Kier molecular flexibility index (Phi) is 5.57. The Bertz CT molecular complexity index is 501. The molecule has 0 aliphatic carbocycles. The third-order valence-corrected chi connectivity index (χ3v) is 2.79. The summed E-state index contributed by atoms with van der Waals surface area (Å²) in [7, 11) is 0. The summed E-state index contributed by atoms with van der Waals surface area (Å²) in [4.78, 5) is 17.3. The second-order valence-corrected chi connectivity index (χ2v) is 5.05. The van der Waals surface area contributed by atoms with Gasteiger partial charge >= 0.3 is 6.18 Å². The summed E-state index contributed by atoms with van der Waals surface area (Å²) in [5.41, 5.74) is 0.781. The number of alkyl halides is 3. The lowest BCUT2D eigenvalue weighted by atomic mass is 10.1. The Morgan fingerprint density at radius 2 is 2.00 bits per heavy atom. The number of hydrogen-bond donors (Lipinski definition) is 1. The fourth-order valence-corrected chi connectivity index (χ4v) is 1.91. The highest BCUT2D eigenvalue weighted by Gasteiger charge is 2.34. The van der Waals surface area contributed by atoms with Crippen LogP contribution in [0.1, 0.15) is 36.8 Å². The van der Waals surface area contributed by atoms with Crippen LogP contribution in [0.25, 0.3) is 0 Å². The molecule has 21 heavy (non-hydrogen) atoms. The van der Waals surface area contributed by atoms with E-state index >= 15 is 0 Å². The molecule has 0 bridgehead atoms. The maximum Gasteiger partial charge on any atom is 0.406 e. The first kappa shape index (κ1) is 17.3. The van der Waals surface area contributed by atoms with Gasteiger partial charge in [-0.15, -0.1) is 0 Å². The zero-order valence-electron chi connectivity index (χ0n) is 12.6. The van der Waals surface area contributed by atoms with E-state index in [1.54, 1.807) is 20.8 Å². The van der Waals surface area contributed by atoms with E-state index in [0.717, 1.165) is 4.90 Å². The van der Waals surface area contributed by atoms with Gasteiger partial charge in [-0.1, -0.05) is 0 Å². The monoisotopic (exact) mass is 303 g/mol. The summed E-state index contributed by atoms with van der Waals surface area (Å²) in [5.74, 6) is -0.163. The van der Waals surface area contributed by atoms with E-state index in [2.05, 4.69) is 10.3 Å². The number of aromatic nitrogens is 1. The molecule has 1 aromatic heterocycles. The van der Waals surface area contributed by atoms with Crippen molar-refractivity contribution < 1.29 is 18.0 Å². The molecule has 0 atom stereocenters. The minimum atomic E-state index is -4.42. The van der Waals surface area contributed by atoms with E-state index < -0.39 is 24.7 Å². The molecule has 0 aromatic carbocycles. The lowest BCUT2D eigenvalue weighted by molar-refractivity contribution is -0.143. The Morgan fingerprint density at radius 1 is 1.38 bits per heavy atom. The molecule has 4 nitrogen and oxygen atoms in total. The number of amides is 1. The molecule has 1 heterocycles. The summed E-state index contributed by atoms with van der Waals surface area (Å²) in [6.07, 6.45) is -4.42. The summed E-state index contributed by atoms with van der Waals surface area (Å²) in [6.45, 7) is 6.03. The first-order chi connectivity index (χ1) is 9.64. The minimum Gasteiger partial charge on any atom is -0.370 e. The number of hydrogen-bond acceptors (Lipinski definition) is 3. The van der Waals surface area contributed by atoms with E-state index in [1.807, 2.05) is 6.92 Å². The van der Waals surface area contributed by atoms with Gasteiger partial charge < -0.3 is 10.2 Å². The standard InChI is InChI=1S/C14H20F3N3O/c1-5-18-12-7-11(6-10(4)19-12)13(21)20(9(2)3)8-14(15,16)17/h6-7,9H,5,8H2,1-4H3,(H,18,19). The second-order valence-electron chi connectivity index (χ2n) is 5.05. The van der Waals surface area contributed by atoms with Crippen molar-refractivity contribution in [1.82, 2.24) is 9.88 Å². The van der Waals surface area contributed by atoms with Gasteiger partial charge in [-0.3, -0.25) is 4.79 Å². The van der Waals surface area contributed by atoms with Gasteiger partial charge in [0.05, 0.1) is 0 Å². The maximum absolute atomic E-state index is 12.6. The van der Waals surface area contributed by atoms with Crippen LogP contribution in [0.5, 0.6) is 0 Å². The van der Waals surface area contributed by atoms with Crippen molar-refractivity contribution in [3.63, 3.8) is 0 Å². The molecule has 1 N–H and O–H groups in total. The number of rotatable bonds is 5. The van der Waals surface area contributed by atoms with Crippen LogP contribution in [0.15, 0.2) is 12.1 Å². The molecular weight excluding hydrogens is 283 g/mol. The number of nitrogens with one attached hydrogen (secondary N) is 1. The Labute approximate surface area is 122 Å². The second kappa shape index (κ2) is 6.78. The first-order valence-electron chi connectivity index (χ1n) is 6.74. The Morgan fingerprint density at radius 3 is 2.48 bits per heavy atom. The van der Waals surface area contributed by atoms with Crippen LogP contribution in [-0.2, 0) is 0 Å². The fraction of sp³-hybridized carbons (Fsp3) is 0.571. The highest BCUT2D eigenvalue weighted by atomic mass is 19.4. The Hall–Kier alpha value is -1.79. The van der Waals surface area contributed by atoms with Crippen molar-refractivity contribution in [3.05, 3.63) is 23.4 Å². The highest BCUT2D eigenvalue weighted by Crippen LogP contribution is 2.21. The van der Waals surface area contributed by atoms with Crippen molar-refractivity contribution in [2.75, 3.05) is 18.4 Å². The molecule has 0 aliphatic heterocycles. The van der Waals surface area contributed by atoms with Crippen LogP contribution >= 0.6 is 0 Å². The van der Waals surface area contributed by atoms with E-state index in [4.69, 9.17) is 0 Å². The minimum absolute atomic E-state index is 0.205. The van der Waals surface area contributed by atoms with Gasteiger partial charge in [0.2, 0.25) is 0 Å². The number of pyridine rings is 1. The van der Waals surface area contributed by atoms with Crippen molar-refractivity contribution in [1.29, 1.82) is 0 Å². The third kappa shape index (κ3) is 5.24. The van der Waals surface area contributed by atoms with Crippen LogP contribution in [-0.4, -0.2) is 41.1 Å². The Balaban J connectivity index is 3.09. The largest absolute Gasteiger partial charge is 0.406 e. The number of carbonyl (C=O) groups is 1. The van der Waals surface area contributed by atoms with Gasteiger partial charge in [0.1, 0.15) is 12.4 Å². The predicted octanol–water partition coefficient (Wildman–Crippen LogP) is 3.23. The van der Waals surface area contributed by atoms with Gasteiger partial charge in [-0.2, -0.15) is 13.2 Å². The lowest BCUT2D eigenvalue weighted by Crippen LogP contribution is -2.43. The summed E-state index contributed by atoms with van der Waals surface area (Å²) in [6, 6.07) is 2.43. The fourth-order valence-electron chi connectivity index (χ4n) is 1.91. The zero-order chi connectivity index (χ0) is 16.2. The summed E-state index contributed by atoms with van der Waals surface area (Å²) < 4.78 is 37.8. The van der Waals surface area contributed by atoms with Crippen LogP contribution in [0.2, 0.25) is 0 Å². The van der Waals surface area contributed by atoms with Gasteiger partial charge in [-0.05, 0) is 39.8 Å². The zero-order valence-corrected chi connectivity index (χ0v) is 12.6. The van der Waals surface area contributed by atoms with Crippen molar-refractivity contribution in [2.24, 2.45) is 0 Å². The average Bonchev–Trinajstić information content (AvgIpc) is 2.33. The lowest BCUT2D eigenvalue weighted by Gasteiger charge is -2.28. The predicted molar refractivity (Wildman–Crippen MR) is 75.4 cm³/mol. The van der Waals surface area contributed by atoms with Crippen molar-refractivity contribution in [3.8, 4) is 0 Å². The number of carbonyl (C=O) groups excluding carboxylic acids is 1. The number of halogens is 3. The van der Waals surface area contributed by atoms with Crippen LogP contribution in [0.3, 0.4) is 0 Å². The molecule has 0 radical (unpaired) electrons. The summed E-state index contributed by atoms with van der Waals surface area (Å²) in [5, 5.41) is 2.96. The van der Waals surface area contributed by atoms with Crippen molar-refractivity contribution >= 4 is 11.7 Å². The normalized spacial score (nSPS) is 11.6. The number of nitrogens with zero attached hydrogens (tertiary/aromatic N) is 2. The topological polar surface area (TPSA) is 45.2 Å². The van der Waals surface area contributed by atoms with Crippen LogP contribution < -0.4 is 5.32 Å². The molecule has 118 valence electrons. The van der Waals surface area contributed by atoms with Gasteiger partial charge in [0.15, 0.2) is 0 Å². The molecule has 0 saturated heterocycles.